The molecule has 0 bridgehead atoms. The van der Waals surface area contributed by atoms with E-state index in [0.717, 1.165) is 6.08 Å². The van der Waals surface area contributed by atoms with Gasteiger partial charge in [-0.05, 0) is 68.0 Å². The van der Waals surface area contributed by atoms with E-state index in [1.807, 2.05) is 0 Å². The van der Waals surface area contributed by atoms with Crippen molar-refractivity contribution < 1.29 is 38.1 Å². The standard InChI is InChI=1S/C31H36F2N2O6/c1-16-9-21-22-12-24(32)23-11-19(36)7-8-28(23,2)30(22,33)25(38)13-29(21,3)31(16,27(40)35-14-20(37)15-35)41-26(39)17-5-4-6-18(34)10-17/h4-8,10-11,16,20-22,24-25,37-38H,9,12-15,34H2,1-3H3/t16-,21+,22+,24+,25+,28+,29+,30+,31+/m1/s1. The number of β-amino-alcohol motifs (C(OH)–C–C–N with tert-alkyl or cyclic N) is 1. The summed E-state index contributed by atoms with van der Waals surface area (Å²) in [6, 6.07) is 6.16. The van der Waals surface area contributed by atoms with Crippen molar-refractivity contribution in [2.24, 2.45) is 28.6 Å². The molecule has 0 spiro atoms. The number of anilines is 1. The van der Waals surface area contributed by atoms with Gasteiger partial charge in [0.2, 0.25) is 0 Å². The monoisotopic (exact) mass is 570 g/mol. The third-order valence-electron chi connectivity index (χ3n) is 11.0. The van der Waals surface area contributed by atoms with E-state index in [-0.39, 0.29) is 43.5 Å². The van der Waals surface area contributed by atoms with E-state index >= 15 is 8.78 Å². The number of likely N-dealkylation sites (tertiary alicyclic amines) is 1. The molecule has 220 valence electrons. The molecule has 1 amide bonds. The van der Waals surface area contributed by atoms with Gasteiger partial charge in [0.05, 0.1) is 17.8 Å². The van der Waals surface area contributed by atoms with Gasteiger partial charge in [-0.15, -0.1) is 0 Å². The first kappa shape index (κ1) is 28.0. The SMILES string of the molecule is C[C@@H]1C[C@H]2[C@@H]3C[C@H](F)C4=CC(=O)C=C[C@]4(C)[C@@]3(F)[C@@H](O)C[C@]2(C)[C@@]1(OC(=O)c1cccc(N)c1)C(=O)N1CC(O)C1. The van der Waals surface area contributed by atoms with Gasteiger partial charge in [0, 0.05) is 41.4 Å². The molecule has 9 atom stereocenters. The molecular weight excluding hydrogens is 534 g/mol. The minimum atomic E-state index is -2.33. The van der Waals surface area contributed by atoms with Gasteiger partial charge in [0.1, 0.15) is 6.17 Å². The van der Waals surface area contributed by atoms with Crippen LogP contribution in [0.5, 0.6) is 0 Å². The maximum Gasteiger partial charge on any atom is 0.339 e. The zero-order valence-electron chi connectivity index (χ0n) is 23.3. The Labute approximate surface area is 237 Å². The van der Waals surface area contributed by atoms with Crippen LogP contribution in [0.15, 0.2) is 48.1 Å². The van der Waals surface area contributed by atoms with E-state index in [9.17, 15) is 24.6 Å². The molecule has 4 aliphatic carbocycles. The predicted octanol–water partition coefficient (Wildman–Crippen LogP) is 2.93. The molecule has 4 fully saturated rings. The number of hydrogen-bond donors (Lipinski definition) is 3. The van der Waals surface area contributed by atoms with Gasteiger partial charge in [0.25, 0.3) is 5.91 Å². The fourth-order valence-corrected chi connectivity index (χ4v) is 8.97. The number of aliphatic hydroxyl groups is 2. The van der Waals surface area contributed by atoms with Crippen LogP contribution in [0, 0.1) is 28.6 Å². The lowest BCUT2D eigenvalue weighted by atomic mass is 9.44. The molecular formula is C31H36F2N2O6. The Kier molecular flexibility index (Phi) is 6.11. The second kappa shape index (κ2) is 8.94. The molecule has 4 N–H and O–H groups in total. The van der Waals surface area contributed by atoms with Gasteiger partial charge >= 0.3 is 5.97 Å². The van der Waals surface area contributed by atoms with Crippen molar-refractivity contribution in [3.05, 3.63) is 53.6 Å². The number of hydrogen-bond acceptors (Lipinski definition) is 7. The summed E-state index contributed by atoms with van der Waals surface area (Å²) in [6.45, 7) is 5.12. The molecule has 1 heterocycles. The first-order chi connectivity index (χ1) is 19.2. The van der Waals surface area contributed by atoms with Gasteiger partial charge in [-0.25, -0.2) is 13.6 Å². The zero-order chi connectivity index (χ0) is 29.7. The molecule has 6 rings (SSSR count). The molecule has 41 heavy (non-hydrogen) atoms. The van der Waals surface area contributed by atoms with Gasteiger partial charge in [-0.1, -0.05) is 26.0 Å². The first-order valence-electron chi connectivity index (χ1n) is 14.2. The molecule has 1 aromatic rings. The quantitative estimate of drug-likeness (QED) is 0.376. The molecule has 5 aliphatic rings. The van der Waals surface area contributed by atoms with E-state index in [2.05, 4.69) is 0 Å². The largest absolute Gasteiger partial charge is 0.444 e. The van der Waals surface area contributed by atoms with E-state index in [4.69, 9.17) is 10.5 Å². The number of carbonyl (C=O) groups excluding carboxylic acids is 3. The average molecular weight is 571 g/mol. The fourth-order valence-electron chi connectivity index (χ4n) is 8.97. The van der Waals surface area contributed by atoms with Crippen LogP contribution in [0.25, 0.3) is 0 Å². The van der Waals surface area contributed by atoms with Crippen LogP contribution in [-0.4, -0.2) is 75.5 Å². The number of nitrogen functional groups attached to an aromatic ring is 1. The first-order valence-corrected chi connectivity index (χ1v) is 14.2. The number of esters is 1. The number of halogens is 2. The summed E-state index contributed by atoms with van der Waals surface area (Å²) in [5, 5.41) is 21.7. The van der Waals surface area contributed by atoms with Crippen molar-refractivity contribution in [3.8, 4) is 0 Å². The highest BCUT2D eigenvalue weighted by molar-refractivity contribution is 6.01. The Bertz CT molecular complexity index is 1390. The fraction of sp³-hybridized carbons (Fsp3) is 0.581. The number of carbonyl (C=O) groups is 3. The second-order valence-electron chi connectivity index (χ2n) is 13.1. The third kappa shape index (κ3) is 3.52. The van der Waals surface area contributed by atoms with E-state index in [1.54, 1.807) is 26.0 Å². The maximum absolute atomic E-state index is 17.6. The topological polar surface area (TPSA) is 130 Å². The summed E-state index contributed by atoms with van der Waals surface area (Å²) in [6.07, 6.45) is -0.541. The summed E-state index contributed by atoms with van der Waals surface area (Å²) >= 11 is 0. The Morgan fingerprint density at radius 1 is 1.15 bits per heavy atom. The van der Waals surface area contributed by atoms with Crippen LogP contribution >= 0.6 is 0 Å². The van der Waals surface area contributed by atoms with Crippen LogP contribution in [0.3, 0.4) is 0 Å². The minimum Gasteiger partial charge on any atom is -0.444 e. The van der Waals surface area contributed by atoms with Crippen LogP contribution in [-0.2, 0) is 14.3 Å². The zero-order valence-corrected chi connectivity index (χ0v) is 23.3. The number of benzene rings is 1. The number of aliphatic hydroxyl groups excluding tert-OH is 2. The number of alkyl halides is 2. The van der Waals surface area contributed by atoms with Crippen molar-refractivity contribution >= 4 is 23.3 Å². The summed E-state index contributed by atoms with van der Waals surface area (Å²) in [5.74, 6) is -4.02. The molecule has 3 saturated carbocycles. The number of nitrogens with zero attached hydrogens (tertiary/aromatic N) is 1. The lowest BCUT2D eigenvalue weighted by Crippen LogP contribution is -2.73. The lowest BCUT2D eigenvalue weighted by molar-refractivity contribution is -0.229. The van der Waals surface area contributed by atoms with Crippen LogP contribution < -0.4 is 5.73 Å². The number of ketones is 1. The average Bonchev–Trinajstić information content (AvgIpc) is 3.11. The predicted molar refractivity (Wildman–Crippen MR) is 145 cm³/mol. The molecule has 10 heteroatoms. The van der Waals surface area contributed by atoms with E-state index < -0.39 is 75.9 Å². The molecule has 0 unspecified atom stereocenters. The third-order valence-corrected chi connectivity index (χ3v) is 11.0. The highest BCUT2D eigenvalue weighted by Gasteiger charge is 2.78. The van der Waals surface area contributed by atoms with E-state index in [1.165, 1.54) is 36.1 Å². The minimum absolute atomic E-state index is 0.0162. The summed E-state index contributed by atoms with van der Waals surface area (Å²) in [4.78, 5) is 41.5. The second-order valence-corrected chi connectivity index (χ2v) is 13.1. The van der Waals surface area contributed by atoms with E-state index in [0.29, 0.717) is 5.69 Å². The number of fused-ring (bicyclic) bond motifs is 5. The van der Waals surface area contributed by atoms with Crippen molar-refractivity contribution in [3.63, 3.8) is 0 Å². The number of amides is 1. The summed E-state index contributed by atoms with van der Waals surface area (Å²) < 4.78 is 39.7. The molecule has 8 nitrogen and oxygen atoms in total. The number of allylic oxidation sites excluding steroid dienone is 4. The molecule has 0 aromatic heterocycles. The smallest absolute Gasteiger partial charge is 0.339 e. The number of rotatable bonds is 3. The van der Waals surface area contributed by atoms with Crippen molar-refractivity contribution in [1.29, 1.82) is 0 Å². The normalized spacial score (nSPS) is 43.4. The van der Waals surface area contributed by atoms with Crippen molar-refractivity contribution in [1.82, 2.24) is 4.90 Å². The van der Waals surface area contributed by atoms with Crippen LogP contribution in [0.2, 0.25) is 0 Å². The summed E-state index contributed by atoms with van der Waals surface area (Å²) in [5.41, 5.74) is -0.608. The molecule has 1 saturated heterocycles. The van der Waals surface area contributed by atoms with Crippen molar-refractivity contribution in [2.45, 2.75) is 69.7 Å². The molecule has 0 radical (unpaired) electrons. The van der Waals surface area contributed by atoms with Crippen molar-refractivity contribution in [2.75, 3.05) is 18.8 Å². The van der Waals surface area contributed by atoms with Gasteiger partial charge in [-0.2, -0.15) is 0 Å². The Balaban J connectivity index is 1.47. The molecule has 1 aliphatic heterocycles. The summed E-state index contributed by atoms with van der Waals surface area (Å²) in [7, 11) is 0. The number of nitrogens with two attached hydrogens (primary N) is 1. The van der Waals surface area contributed by atoms with Crippen LogP contribution in [0.4, 0.5) is 14.5 Å². The highest BCUT2D eigenvalue weighted by atomic mass is 19.1. The molecule has 1 aromatic carbocycles. The Hall–Kier alpha value is -3.11. The highest BCUT2D eigenvalue weighted by Crippen LogP contribution is 2.71. The lowest BCUT2D eigenvalue weighted by Gasteiger charge is -2.63. The Morgan fingerprint density at radius 3 is 2.51 bits per heavy atom. The van der Waals surface area contributed by atoms with Crippen LogP contribution in [0.1, 0.15) is 50.4 Å². The maximum atomic E-state index is 17.6. The van der Waals surface area contributed by atoms with Gasteiger partial charge in [-0.3, -0.25) is 9.59 Å². The van der Waals surface area contributed by atoms with Gasteiger partial charge in [0.15, 0.2) is 17.1 Å². The number of ether oxygens (including phenoxy) is 1. The Morgan fingerprint density at radius 2 is 1.85 bits per heavy atom. The van der Waals surface area contributed by atoms with Gasteiger partial charge < -0.3 is 25.6 Å².